The van der Waals surface area contributed by atoms with Crippen molar-refractivity contribution < 1.29 is 28.7 Å². The zero-order valence-corrected chi connectivity index (χ0v) is 31.7. The van der Waals surface area contributed by atoms with Crippen LogP contribution in [0.15, 0.2) is 48.7 Å². The molecular formula is C40H50N8O6. The number of benzene rings is 2. The topological polar surface area (TPSA) is 175 Å². The van der Waals surface area contributed by atoms with Crippen molar-refractivity contribution in [2.45, 2.75) is 77.5 Å². The smallest absolute Gasteiger partial charge is 0.407 e. The number of carbonyl (C=O) groups excluding carboxylic acids is 4. The lowest BCUT2D eigenvalue weighted by Gasteiger charge is -2.30. The Balaban J connectivity index is 1.11. The zero-order chi connectivity index (χ0) is 38.5. The van der Waals surface area contributed by atoms with Gasteiger partial charge in [0.15, 0.2) is 0 Å². The van der Waals surface area contributed by atoms with Crippen molar-refractivity contribution in [2.75, 3.05) is 27.3 Å². The fourth-order valence-electron chi connectivity index (χ4n) is 7.31. The third kappa shape index (κ3) is 8.27. The van der Waals surface area contributed by atoms with Gasteiger partial charge >= 0.3 is 12.2 Å². The van der Waals surface area contributed by atoms with Crippen molar-refractivity contribution in [3.63, 3.8) is 0 Å². The molecule has 6 rings (SSSR count). The van der Waals surface area contributed by atoms with Gasteiger partial charge in [0.1, 0.15) is 23.7 Å². The van der Waals surface area contributed by atoms with Gasteiger partial charge in [-0.05, 0) is 66.3 Å². The maximum Gasteiger partial charge on any atom is 0.407 e. The summed E-state index contributed by atoms with van der Waals surface area (Å²) in [5, 5.41) is 5.39. The normalized spacial score (nSPS) is 18.4. The molecule has 0 spiro atoms. The first-order valence-electron chi connectivity index (χ1n) is 18.6. The van der Waals surface area contributed by atoms with Crippen molar-refractivity contribution >= 4 is 47.2 Å². The molecule has 2 aromatic carbocycles. The highest BCUT2D eigenvalue weighted by Gasteiger charge is 2.39. The summed E-state index contributed by atoms with van der Waals surface area (Å²) >= 11 is 0. The number of H-pyrrole nitrogens is 2. The number of hydrogen-bond donors (Lipinski definition) is 4. The number of nitrogens with one attached hydrogen (secondary N) is 4. The van der Waals surface area contributed by atoms with Crippen molar-refractivity contribution in [3.8, 4) is 11.3 Å². The highest BCUT2D eigenvalue weighted by molar-refractivity contribution is 5.87. The molecule has 0 radical (unpaired) electrons. The molecule has 2 aliphatic heterocycles. The second-order valence-electron chi connectivity index (χ2n) is 14.6. The van der Waals surface area contributed by atoms with Crippen molar-refractivity contribution in [2.24, 2.45) is 11.8 Å². The van der Waals surface area contributed by atoms with E-state index in [1.807, 2.05) is 87.2 Å². The summed E-state index contributed by atoms with van der Waals surface area (Å²) in [6.45, 7) is 8.79. The van der Waals surface area contributed by atoms with E-state index in [2.05, 4.69) is 25.6 Å². The Morgan fingerprint density at radius 1 is 0.759 bits per heavy atom. The molecule has 14 nitrogen and oxygen atoms in total. The number of rotatable bonds is 11. The number of amides is 4. The van der Waals surface area contributed by atoms with Gasteiger partial charge in [0, 0.05) is 13.1 Å². The SMILES string of the molecule is COC(=O)N[C@H](C(=O)N1CCC[C@H]1c1ncc(-c2ccc(/C=C/c3ccc4nc([C@@H]5CCCN5C(=O)[C@@H](NC(=O)OC)C(C)C)[nH]c4c3)cc2)[nH]1)C(C)C. The molecule has 4 heterocycles. The van der Waals surface area contributed by atoms with Gasteiger partial charge in [-0.3, -0.25) is 9.59 Å². The number of alkyl carbamates (subject to hydrolysis) is 2. The van der Waals surface area contributed by atoms with E-state index in [9.17, 15) is 19.2 Å². The van der Waals surface area contributed by atoms with E-state index in [4.69, 9.17) is 14.5 Å². The molecule has 2 fully saturated rings. The van der Waals surface area contributed by atoms with E-state index >= 15 is 0 Å². The molecule has 54 heavy (non-hydrogen) atoms. The molecule has 2 saturated heterocycles. The summed E-state index contributed by atoms with van der Waals surface area (Å²) in [5.41, 5.74) is 5.55. The Labute approximate surface area is 315 Å². The van der Waals surface area contributed by atoms with E-state index in [-0.39, 0.29) is 35.7 Å². The number of methoxy groups -OCH3 is 2. The summed E-state index contributed by atoms with van der Waals surface area (Å²) in [7, 11) is 2.58. The van der Waals surface area contributed by atoms with Crippen LogP contribution in [0, 0.1) is 11.8 Å². The third-order valence-corrected chi connectivity index (χ3v) is 10.3. The Hall–Kier alpha value is -5.66. The number of imidazole rings is 2. The Morgan fingerprint density at radius 3 is 1.85 bits per heavy atom. The predicted molar refractivity (Wildman–Crippen MR) is 205 cm³/mol. The fourth-order valence-corrected chi connectivity index (χ4v) is 7.31. The van der Waals surface area contributed by atoms with Crippen LogP contribution < -0.4 is 10.6 Å². The summed E-state index contributed by atoms with van der Waals surface area (Å²) < 4.78 is 9.50. The zero-order valence-electron chi connectivity index (χ0n) is 31.7. The van der Waals surface area contributed by atoms with Crippen LogP contribution in [0.3, 0.4) is 0 Å². The van der Waals surface area contributed by atoms with Gasteiger partial charge in [-0.1, -0.05) is 70.2 Å². The first-order chi connectivity index (χ1) is 26.0. The molecule has 0 bridgehead atoms. The molecule has 4 N–H and O–H groups in total. The molecule has 4 atom stereocenters. The van der Waals surface area contributed by atoms with Crippen LogP contribution in [0.2, 0.25) is 0 Å². The van der Waals surface area contributed by atoms with E-state index < -0.39 is 24.3 Å². The molecule has 2 aliphatic rings. The molecule has 2 aromatic heterocycles. The predicted octanol–water partition coefficient (Wildman–Crippen LogP) is 6.21. The van der Waals surface area contributed by atoms with Crippen LogP contribution in [-0.2, 0) is 19.1 Å². The molecule has 286 valence electrons. The maximum atomic E-state index is 13.5. The number of likely N-dealkylation sites (tertiary alicyclic amines) is 2. The number of aromatic nitrogens is 4. The number of nitrogens with zero attached hydrogens (tertiary/aromatic N) is 4. The molecule has 14 heteroatoms. The molecular weight excluding hydrogens is 688 g/mol. The first-order valence-corrected chi connectivity index (χ1v) is 18.6. The summed E-state index contributed by atoms with van der Waals surface area (Å²) in [4.78, 5) is 70.9. The summed E-state index contributed by atoms with van der Waals surface area (Å²) in [5.74, 6) is 0.968. The highest BCUT2D eigenvalue weighted by atomic mass is 16.5. The summed E-state index contributed by atoms with van der Waals surface area (Å²) in [6.07, 6.45) is 7.91. The number of fused-ring (bicyclic) bond motifs is 1. The molecule has 0 saturated carbocycles. The second-order valence-corrected chi connectivity index (χ2v) is 14.6. The van der Waals surface area contributed by atoms with Gasteiger partial charge in [-0.25, -0.2) is 19.6 Å². The van der Waals surface area contributed by atoms with Crippen LogP contribution in [0.1, 0.15) is 88.2 Å². The van der Waals surface area contributed by atoms with Crippen molar-refractivity contribution in [1.29, 1.82) is 0 Å². The van der Waals surface area contributed by atoms with Gasteiger partial charge in [-0.2, -0.15) is 0 Å². The fraction of sp³-hybridized carbons (Fsp3) is 0.450. The lowest BCUT2D eigenvalue weighted by molar-refractivity contribution is -0.136. The van der Waals surface area contributed by atoms with Gasteiger partial charge in [0.2, 0.25) is 11.8 Å². The Morgan fingerprint density at radius 2 is 1.30 bits per heavy atom. The maximum absolute atomic E-state index is 13.5. The van der Waals surface area contributed by atoms with Crippen LogP contribution >= 0.6 is 0 Å². The van der Waals surface area contributed by atoms with Crippen LogP contribution in [-0.4, -0.2) is 93.1 Å². The minimum atomic E-state index is -0.688. The molecule has 0 aliphatic carbocycles. The van der Waals surface area contributed by atoms with Crippen molar-refractivity contribution in [3.05, 3.63) is 71.4 Å². The lowest BCUT2D eigenvalue weighted by Crippen LogP contribution is -2.51. The molecule has 4 aromatic rings. The molecule has 0 unspecified atom stereocenters. The third-order valence-electron chi connectivity index (χ3n) is 10.3. The largest absolute Gasteiger partial charge is 0.453 e. The first kappa shape index (κ1) is 38.1. The van der Waals surface area contributed by atoms with Crippen LogP contribution in [0.5, 0.6) is 0 Å². The van der Waals surface area contributed by atoms with Gasteiger partial charge < -0.3 is 39.9 Å². The van der Waals surface area contributed by atoms with Crippen molar-refractivity contribution in [1.82, 2.24) is 40.4 Å². The molecule has 4 amide bonds. The average Bonchev–Trinajstić information content (AvgIpc) is 4.00. The second kappa shape index (κ2) is 16.6. The number of carbonyl (C=O) groups is 4. The van der Waals surface area contributed by atoms with Crippen LogP contribution in [0.4, 0.5) is 9.59 Å². The minimum Gasteiger partial charge on any atom is -0.453 e. The number of aromatic amines is 2. The summed E-state index contributed by atoms with van der Waals surface area (Å²) in [6, 6.07) is 12.4. The Bertz CT molecular complexity index is 2000. The van der Waals surface area contributed by atoms with E-state index in [0.29, 0.717) is 13.1 Å². The van der Waals surface area contributed by atoms with E-state index in [1.165, 1.54) is 14.2 Å². The number of ether oxygens (including phenoxy) is 2. The monoisotopic (exact) mass is 738 g/mol. The van der Waals surface area contributed by atoms with E-state index in [1.54, 1.807) is 11.1 Å². The highest BCUT2D eigenvalue weighted by Crippen LogP contribution is 2.34. The van der Waals surface area contributed by atoms with Gasteiger partial charge in [-0.15, -0.1) is 0 Å². The van der Waals surface area contributed by atoms with Gasteiger partial charge in [0.05, 0.1) is 49.2 Å². The quantitative estimate of drug-likeness (QED) is 0.131. The van der Waals surface area contributed by atoms with E-state index in [0.717, 1.165) is 70.7 Å². The minimum absolute atomic E-state index is 0.103. The average molecular weight is 739 g/mol. The number of hydrogen-bond acceptors (Lipinski definition) is 8. The van der Waals surface area contributed by atoms with Crippen LogP contribution in [0.25, 0.3) is 34.4 Å². The Kier molecular flexibility index (Phi) is 11.7. The standard InChI is InChI=1S/C40H50N8O6/c1-23(2)33(45-39(51)53-5)37(49)47-19-7-9-31(47)35-41-22-30(44-35)27-16-13-25(14-17-27)11-12-26-15-18-28-29(21-26)43-36(42-28)32-10-8-20-48(32)38(50)34(24(3)4)46-40(52)54-6/h11-18,21-24,31-34H,7-10,19-20H2,1-6H3,(H,41,44)(H,42,43)(H,45,51)(H,46,52)/b12-11+/t31-,32-,33-,34-/m0/s1. The lowest BCUT2D eigenvalue weighted by atomic mass is 10.0. The van der Waals surface area contributed by atoms with Gasteiger partial charge in [0.25, 0.3) is 0 Å².